The van der Waals surface area contributed by atoms with Crippen molar-refractivity contribution in [1.29, 1.82) is 0 Å². The largest absolute Gasteiger partial charge is 0.401 e. The summed E-state index contributed by atoms with van der Waals surface area (Å²) in [6, 6.07) is 1.90. The van der Waals surface area contributed by atoms with Gasteiger partial charge in [-0.05, 0) is 31.5 Å². The number of rotatable bonds is 5. The molecule has 0 aliphatic rings. The van der Waals surface area contributed by atoms with E-state index < -0.39 is 30.4 Å². The normalized spacial score (nSPS) is 14.1. The van der Waals surface area contributed by atoms with Crippen molar-refractivity contribution in [3.63, 3.8) is 0 Å². The maximum Gasteiger partial charge on any atom is 0.401 e. The van der Waals surface area contributed by atoms with Crippen molar-refractivity contribution in [3.8, 4) is 0 Å². The van der Waals surface area contributed by atoms with Gasteiger partial charge in [-0.25, -0.2) is 8.78 Å². The van der Waals surface area contributed by atoms with Crippen LogP contribution in [-0.2, 0) is 0 Å². The van der Waals surface area contributed by atoms with Gasteiger partial charge in [-0.1, -0.05) is 6.07 Å². The van der Waals surface area contributed by atoms with Gasteiger partial charge < -0.3 is 5.73 Å². The van der Waals surface area contributed by atoms with Gasteiger partial charge in [-0.15, -0.1) is 0 Å². The molecular formula is C13H17F5N2. The van der Waals surface area contributed by atoms with Gasteiger partial charge in [0, 0.05) is 18.6 Å². The molecule has 0 aliphatic carbocycles. The van der Waals surface area contributed by atoms with Crippen molar-refractivity contribution in [1.82, 2.24) is 4.90 Å². The molecule has 0 bridgehead atoms. The fourth-order valence-electron chi connectivity index (χ4n) is 1.79. The van der Waals surface area contributed by atoms with Crippen LogP contribution in [0.25, 0.3) is 0 Å². The summed E-state index contributed by atoms with van der Waals surface area (Å²) in [5, 5.41) is 0. The number of nitrogens with two attached hydrogens (primary N) is 1. The average molecular weight is 296 g/mol. The Hall–Kier alpha value is -1.21. The second-order valence-corrected chi connectivity index (χ2v) is 4.92. The van der Waals surface area contributed by atoms with Gasteiger partial charge in [-0.2, -0.15) is 13.2 Å². The topological polar surface area (TPSA) is 29.3 Å². The SMILES string of the molecule is CC(C)N(CC(N)c1ccc(F)c(F)c1)CC(F)(F)F. The Bertz CT molecular complexity index is 445. The zero-order chi connectivity index (χ0) is 15.5. The lowest BCUT2D eigenvalue weighted by Gasteiger charge is -2.30. The minimum atomic E-state index is -4.34. The molecule has 1 atom stereocenters. The first-order chi connectivity index (χ1) is 9.10. The van der Waals surface area contributed by atoms with Gasteiger partial charge in [0.2, 0.25) is 0 Å². The summed E-state index contributed by atoms with van der Waals surface area (Å²) >= 11 is 0. The first kappa shape index (κ1) is 16.8. The standard InChI is InChI=1S/C13H17F5N2/c1-8(2)20(7-13(16,17)18)6-12(19)9-3-4-10(14)11(15)5-9/h3-5,8,12H,6-7,19H2,1-2H3. The Kier molecular flexibility index (Phi) is 5.47. The molecule has 0 spiro atoms. The van der Waals surface area contributed by atoms with Crippen LogP contribution in [0, 0.1) is 11.6 Å². The first-order valence-corrected chi connectivity index (χ1v) is 6.11. The molecule has 0 saturated carbocycles. The highest BCUT2D eigenvalue weighted by Crippen LogP contribution is 2.21. The minimum Gasteiger partial charge on any atom is -0.323 e. The lowest BCUT2D eigenvalue weighted by molar-refractivity contribution is -0.150. The number of hydrogen-bond donors (Lipinski definition) is 1. The summed E-state index contributed by atoms with van der Waals surface area (Å²) in [6.45, 7) is 2.04. The van der Waals surface area contributed by atoms with Crippen LogP contribution in [0.15, 0.2) is 18.2 Å². The van der Waals surface area contributed by atoms with Crippen LogP contribution < -0.4 is 5.73 Å². The quantitative estimate of drug-likeness (QED) is 0.845. The molecule has 0 fully saturated rings. The summed E-state index contributed by atoms with van der Waals surface area (Å²) in [7, 11) is 0. The predicted molar refractivity (Wildman–Crippen MR) is 66.1 cm³/mol. The van der Waals surface area contributed by atoms with Gasteiger partial charge in [-0.3, -0.25) is 4.90 Å². The molecule has 0 aromatic heterocycles. The van der Waals surface area contributed by atoms with Crippen molar-refractivity contribution < 1.29 is 22.0 Å². The first-order valence-electron chi connectivity index (χ1n) is 6.11. The van der Waals surface area contributed by atoms with Crippen molar-refractivity contribution in [2.45, 2.75) is 32.1 Å². The second kappa shape index (κ2) is 6.49. The summed E-state index contributed by atoms with van der Waals surface area (Å²) in [5.74, 6) is -2.08. The van der Waals surface area contributed by atoms with Gasteiger partial charge >= 0.3 is 6.18 Å². The van der Waals surface area contributed by atoms with E-state index in [0.717, 1.165) is 17.0 Å². The highest BCUT2D eigenvalue weighted by atomic mass is 19.4. The second-order valence-electron chi connectivity index (χ2n) is 4.92. The molecule has 1 aromatic carbocycles. The smallest absolute Gasteiger partial charge is 0.323 e. The Morgan fingerprint density at radius 3 is 2.20 bits per heavy atom. The van der Waals surface area contributed by atoms with Crippen LogP contribution in [0.4, 0.5) is 22.0 Å². The van der Waals surface area contributed by atoms with Crippen molar-refractivity contribution in [3.05, 3.63) is 35.4 Å². The Balaban J connectivity index is 2.79. The molecule has 1 rings (SSSR count). The van der Waals surface area contributed by atoms with E-state index in [4.69, 9.17) is 5.73 Å². The van der Waals surface area contributed by atoms with E-state index in [1.54, 1.807) is 13.8 Å². The molecule has 2 nitrogen and oxygen atoms in total. The van der Waals surface area contributed by atoms with Crippen molar-refractivity contribution in [2.24, 2.45) is 5.73 Å². The Morgan fingerprint density at radius 1 is 1.15 bits per heavy atom. The maximum atomic E-state index is 13.1. The molecule has 0 saturated heterocycles. The predicted octanol–water partition coefficient (Wildman–Crippen LogP) is 3.24. The lowest BCUT2D eigenvalue weighted by atomic mass is 10.1. The summed E-state index contributed by atoms with van der Waals surface area (Å²) < 4.78 is 63.2. The monoisotopic (exact) mass is 296 g/mol. The van der Waals surface area contributed by atoms with Gasteiger partial charge in [0.15, 0.2) is 11.6 Å². The maximum absolute atomic E-state index is 13.1. The van der Waals surface area contributed by atoms with Gasteiger partial charge in [0.05, 0.1) is 6.54 Å². The molecule has 1 unspecified atom stereocenters. The van der Waals surface area contributed by atoms with Crippen molar-refractivity contribution in [2.75, 3.05) is 13.1 Å². The molecule has 0 amide bonds. The van der Waals surface area contributed by atoms with E-state index >= 15 is 0 Å². The molecule has 20 heavy (non-hydrogen) atoms. The molecule has 0 aliphatic heterocycles. The van der Waals surface area contributed by atoms with E-state index in [9.17, 15) is 22.0 Å². The van der Waals surface area contributed by atoms with Gasteiger partial charge in [0.1, 0.15) is 0 Å². The van der Waals surface area contributed by atoms with Crippen LogP contribution >= 0.6 is 0 Å². The third-order valence-corrected chi connectivity index (χ3v) is 2.92. The zero-order valence-corrected chi connectivity index (χ0v) is 11.2. The van der Waals surface area contributed by atoms with Crippen LogP contribution in [0.2, 0.25) is 0 Å². The van der Waals surface area contributed by atoms with Crippen LogP contribution in [0.3, 0.4) is 0 Å². The number of benzene rings is 1. The molecule has 2 N–H and O–H groups in total. The number of hydrogen-bond acceptors (Lipinski definition) is 2. The van der Waals surface area contributed by atoms with E-state index in [-0.39, 0.29) is 18.2 Å². The fraction of sp³-hybridized carbons (Fsp3) is 0.538. The van der Waals surface area contributed by atoms with Crippen molar-refractivity contribution >= 4 is 0 Å². The fourth-order valence-corrected chi connectivity index (χ4v) is 1.79. The third kappa shape index (κ3) is 5.05. The van der Waals surface area contributed by atoms with Crippen LogP contribution in [0.5, 0.6) is 0 Å². The summed E-state index contributed by atoms with van der Waals surface area (Å²) in [4.78, 5) is 1.14. The highest BCUT2D eigenvalue weighted by Gasteiger charge is 2.32. The molecule has 114 valence electrons. The lowest BCUT2D eigenvalue weighted by Crippen LogP contribution is -2.42. The molecule has 1 aromatic rings. The van der Waals surface area contributed by atoms with E-state index in [1.807, 2.05) is 0 Å². The van der Waals surface area contributed by atoms with E-state index in [0.29, 0.717) is 0 Å². The zero-order valence-electron chi connectivity index (χ0n) is 11.2. The number of halogens is 5. The molecular weight excluding hydrogens is 279 g/mol. The van der Waals surface area contributed by atoms with Crippen LogP contribution in [-0.4, -0.2) is 30.2 Å². The third-order valence-electron chi connectivity index (χ3n) is 2.92. The Labute approximate surface area is 114 Å². The summed E-state index contributed by atoms with van der Waals surface area (Å²) in [6.07, 6.45) is -4.34. The van der Waals surface area contributed by atoms with Crippen LogP contribution in [0.1, 0.15) is 25.5 Å². The number of nitrogens with zero attached hydrogens (tertiary/aromatic N) is 1. The Morgan fingerprint density at radius 2 is 1.75 bits per heavy atom. The average Bonchev–Trinajstić information content (AvgIpc) is 2.29. The molecule has 0 heterocycles. The highest BCUT2D eigenvalue weighted by molar-refractivity contribution is 5.21. The van der Waals surface area contributed by atoms with Gasteiger partial charge in [0.25, 0.3) is 0 Å². The minimum absolute atomic E-state index is 0.0950. The molecule has 0 radical (unpaired) electrons. The number of alkyl halides is 3. The molecule has 7 heteroatoms. The summed E-state index contributed by atoms with van der Waals surface area (Å²) in [5.41, 5.74) is 6.03. The van der Waals surface area contributed by atoms with E-state index in [2.05, 4.69) is 0 Å². The van der Waals surface area contributed by atoms with E-state index in [1.165, 1.54) is 6.07 Å².